The molecular weight excluding hydrogens is 290 g/mol. The number of hydrogen-bond donors (Lipinski definition) is 0. The van der Waals surface area contributed by atoms with Gasteiger partial charge in [-0.25, -0.2) is 4.68 Å². The highest BCUT2D eigenvalue weighted by molar-refractivity contribution is 5.83. The topological polar surface area (TPSA) is 57.0 Å². The van der Waals surface area contributed by atoms with E-state index < -0.39 is 0 Å². The number of benzene rings is 2. The molecule has 1 atom stereocenters. The molecule has 3 aromatic rings. The van der Waals surface area contributed by atoms with Crippen molar-refractivity contribution in [3.63, 3.8) is 0 Å². The minimum Gasteiger partial charge on any atom is -0.497 e. The number of carbonyl (C=O) groups excluding carboxylic acids is 1. The molecule has 3 rings (SSSR count). The molecule has 0 aliphatic heterocycles. The molecule has 2 aromatic carbocycles. The Morgan fingerprint density at radius 2 is 1.78 bits per heavy atom. The van der Waals surface area contributed by atoms with Crippen LogP contribution < -0.4 is 4.74 Å². The highest BCUT2D eigenvalue weighted by atomic mass is 16.5. The van der Waals surface area contributed by atoms with Gasteiger partial charge in [0, 0.05) is 5.56 Å². The van der Waals surface area contributed by atoms with Crippen molar-refractivity contribution in [2.75, 3.05) is 7.11 Å². The van der Waals surface area contributed by atoms with Crippen molar-refractivity contribution in [3.05, 3.63) is 65.9 Å². The lowest BCUT2D eigenvalue weighted by Crippen LogP contribution is -2.10. The summed E-state index contributed by atoms with van der Waals surface area (Å²) >= 11 is 0. The van der Waals surface area contributed by atoms with Gasteiger partial charge in [-0.2, -0.15) is 0 Å². The Balaban J connectivity index is 2.08. The molecule has 0 radical (unpaired) electrons. The van der Waals surface area contributed by atoms with E-state index in [-0.39, 0.29) is 6.04 Å². The monoisotopic (exact) mass is 307 g/mol. The SMILES string of the molecule is COc1ccc(-c2c(C=O)nnn2C(C)c2ccccc2)cc1. The van der Waals surface area contributed by atoms with Crippen LogP contribution >= 0.6 is 0 Å². The summed E-state index contributed by atoms with van der Waals surface area (Å²) in [5, 5.41) is 8.20. The van der Waals surface area contributed by atoms with Crippen LogP contribution in [0.5, 0.6) is 5.75 Å². The first-order valence-electron chi connectivity index (χ1n) is 7.34. The maximum Gasteiger partial charge on any atom is 0.172 e. The zero-order valence-corrected chi connectivity index (χ0v) is 13.0. The molecule has 0 saturated carbocycles. The van der Waals surface area contributed by atoms with Gasteiger partial charge < -0.3 is 4.74 Å². The van der Waals surface area contributed by atoms with Gasteiger partial charge in [-0.05, 0) is 36.8 Å². The normalized spacial score (nSPS) is 11.9. The van der Waals surface area contributed by atoms with Gasteiger partial charge in [0.25, 0.3) is 0 Å². The van der Waals surface area contributed by atoms with Crippen molar-refractivity contribution in [1.29, 1.82) is 0 Å². The molecule has 1 heterocycles. The van der Waals surface area contributed by atoms with Gasteiger partial charge in [0.1, 0.15) is 11.4 Å². The predicted molar refractivity (Wildman–Crippen MR) is 87.7 cm³/mol. The standard InChI is InChI=1S/C18H17N3O2/c1-13(14-6-4-3-5-7-14)21-18(17(12-22)19-20-21)15-8-10-16(23-2)11-9-15/h3-13H,1-2H3. The number of ether oxygens (including phenoxy) is 1. The minimum absolute atomic E-state index is 0.0329. The quantitative estimate of drug-likeness (QED) is 0.678. The Bertz CT molecular complexity index is 795. The highest BCUT2D eigenvalue weighted by Gasteiger charge is 2.19. The summed E-state index contributed by atoms with van der Waals surface area (Å²) in [7, 11) is 1.62. The van der Waals surface area contributed by atoms with Crippen LogP contribution in [0.4, 0.5) is 0 Å². The average molecular weight is 307 g/mol. The summed E-state index contributed by atoms with van der Waals surface area (Å²) in [5.41, 5.74) is 3.02. The van der Waals surface area contributed by atoms with Crippen LogP contribution in [0.1, 0.15) is 29.0 Å². The molecule has 0 aliphatic carbocycles. The van der Waals surface area contributed by atoms with Gasteiger partial charge in [-0.1, -0.05) is 35.5 Å². The molecule has 0 aliphatic rings. The Labute approximate surface area is 134 Å². The van der Waals surface area contributed by atoms with E-state index in [4.69, 9.17) is 4.74 Å². The summed E-state index contributed by atoms with van der Waals surface area (Å²) in [5.74, 6) is 0.761. The van der Waals surface area contributed by atoms with E-state index in [2.05, 4.69) is 10.3 Å². The van der Waals surface area contributed by atoms with E-state index in [0.29, 0.717) is 11.4 Å². The maximum atomic E-state index is 11.4. The zero-order valence-electron chi connectivity index (χ0n) is 13.0. The molecule has 0 N–H and O–H groups in total. The molecule has 0 spiro atoms. The van der Waals surface area contributed by atoms with E-state index in [1.54, 1.807) is 11.8 Å². The fourth-order valence-corrected chi connectivity index (χ4v) is 2.56. The molecule has 0 bridgehead atoms. The van der Waals surface area contributed by atoms with Crippen LogP contribution in [-0.2, 0) is 0 Å². The molecule has 0 saturated heterocycles. The van der Waals surface area contributed by atoms with E-state index in [0.717, 1.165) is 23.2 Å². The third-order valence-corrected chi connectivity index (χ3v) is 3.84. The van der Waals surface area contributed by atoms with Crippen LogP contribution in [0.25, 0.3) is 11.3 Å². The van der Waals surface area contributed by atoms with Crippen molar-refractivity contribution in [2.24, 2.45) is 0 Å². The lowest BCUT2D eigenvalue weighted by atomic mass is 10.1. The second-order valence-electron chi connectivity index (χ2n) is 5.20. The highest BCUT2D eigenvalue weighted by Crippen LogP contribution is 2.28. The first-order chi connectivity index (χ1) is 11.2. The van der Waals surface area contributed by atoms with Gasteiger partial charge >= 0.3 is 0 Å². The van der Waals surface area contributed by atoms with Gasteiger partial charge in [0.05, 0.1) is 13.2 Å². The van der Waals surface area contributed by atoms with Gasteiger partial charge in [0.2, 0.25) is 0 Å². The number of aldehydes is 1. The Kier molecular flexibility index (Phi) is 4.19. The summed E-state index contributed by atoms with van der Waals surface area (Å²) in [6.45, 7) is 2.03. The summed E-state index contributed by atoms with van der Waals surface area (Å²) < 4.78 is 6.96. The van der Waals surface area contributed by atoms with Crippen LogP contribution in [0.2, 0.25) is 0 Å². The predicted octanol–water partition coefficient (Wildman–Crippen LogP) is 3.38. The number of carbonyl (C=O) groups is 1. The van der Waals surface area contributed by atoms with Crippen LogP contribution in [-0.4, -0.2) is 28.4 Å². The lowest BCUT2D eigenvalue weighted by molar-refractivity contribution is 0.111. The Morgan fingerprint density at radius 1 is 1.09 bits per heavy atom. The van der Waals surface area contributed by atoms with Crippen molar-refractivity contribution in [3.8, 4) is 17.0 Å². The van der Waals surface area contributed by atoms with Crippen molar-refractivity contribution in [2.45, 2.75) is 13.0 Å². The van der Waals surface area contributed by atoms with Crippen LogP contribution in [0, 0.1) is 0 Å². The average Bonchev–Trinajstić information content (AvgIpc) is 3.06. The summed E-state index contributed by atoms with van der Waals surface area (Å²) in [6.07, 6.45) is 0.737. The lowest BCUT2D eigenvalue weighted by Gasteiger charge is -2.15. The molecule has 1 aromatic heterocycles. The molecule has 5 nitrogen and oxygen atoms in total. The van der Waals surface area contributed by atoms with E-state index in [1.165, 1.54) is 0 Å². The summed E-state index contributed by atoms with van der Waals surface area (Å²) in [6, 6.07) is 17.5. The molecule has 0 fully saturated rings. The largest absolute Gasteiger partial charge is 0.497 e. The van der Waals surface area contributed by atoms with Crippen LogP contribution in [0.15, 0.2) is 54.6 Å². The first-order valence-corrected chi connectivity index (χ1v) is 7.34. The molecule has 23 heavy (non-hydrogen) atoms. The fraction of sp³-hybridized carbons (Fsp3) is 0.167. The molecule has 116 valence electrons. The number of aromatic nitrogens is 3. The Morgan fingerprint density at radius 3 is 2.39 bits per heavy atom. The third kappa shape index (κ3) is 2.85. The van der Waals surface area contributed by atoms with Crippen LogP contribution in [0.3, 0.4) is 0 Å². The fourth-order valence-electron chi connectivity index (χ4n) is 2.56. The van der Waals surface area contributed by atoms with Gasteiger partial charge in [-0.3, -0.25) is 4.79 Å². The Hall–Kier alpha value is -2.95. The maximum absolute atomic E-state index is 11.4. The summed E-state index contributed by atoms with van der Waals surface area (Å²) in [4.78, 5) is 11.4. The molecule has 0 amide bonds. The van der Waals surface area contributed by atoms with E-state index in [9.17, 15) is 4.79 Å². The van der Waals surface area contributed by atoms with E-state index in [1.807, 2.05) is 61.5 Å². The second-order valence-corrected chi connectivity index (χ2v) is 5.20. The minimum atomic E-state index is -0.0329. The van der Waals surface area contributed by atoms with Gasteiger partial charge in [-0.15, -0.1) is 5.10 Å². The van der Waals surface area contributed by atoms with E-state index >= 15 is 0 Å². The molecule has 5 heteroatoms. The smallest absolute Gasteiger partial charge is 0.172 e. The first kappa shape index (κ1) is 15.0. The zero-order chi connectivity index (χ0) is 16.2. The van der Waals surface area contributed by atoms with Crippen molar-refractivity contribution in [1.82, 2.24) is 15.0 Å². The second kappa shape index (κ2) is 6.44. The number of methoxy groups -OCH3 is 1. The third-order valence-electron chi connectivity index (χ3n) is 3.84. The van der Waals surface area contributed by atoms with Crippen molar-refractivity contribution >= 4 is 6.29 Å². The molecule has 1 unspecified atom stereocenters. The van der Waals surface area contributed by atoms with Gasteiger partial charge in [0.15, 0.2) is 12.0 Å². The number of nitrogens with zero attached hydrogens (tertiary/aromatic N) is 3. The number of hydrogen-bond acceptors (Lipinski definition) is 4. The molecular formula is C18H17N3O2. The number of rotatable bonds is 5. The van der Waals surface area contributed by atoms with Crippen molar-refractivity contribution < 1.29 is 9.53 Å².